The number of nitrogens with one attached hydrogen (secondary N) is 1. The molecule has 0 atom stereocenters. The Morgan fingerprint density at radius 2 is 2.06 bits per heavy atom. The van der Waals surface area contributed by atoms with E-state index in [9.17, 15) is 4.79 Å². The van der Waals surface area contributed by atoms with Gasteiger partial charge in [-0.1, -0.05) is 17.7 Å². The second kappa shape index (κ2) is 6.11. The third-order valence-electron chi connectivity index (χ3n) is 2.24. The van der Waals surface area contributed by atoms with E-state index in [1.807, 2.05) is 13.8 Å². The monoisotopic (exact) mass is 304 g/mol. The minimum atomic E-state index is -0.118. The summed E-state index contributed by atoms with van der Waals surface area (Å²) in [6.45, 7) is 5.24. The Balaban J connectivity index is 2.80. The fourth-order valence-corrected chi connectivity index (χ4v) is 1.84. The maximum atomic E-state index is 11.8. The van der Waals surface area contributed by atoms with Gasteiger partial charge in [0.15, 0.2) is 0 Å². The summed E-state index contributed by atoms with van der Waals surface area (Å²) in [5.74, 6) is 0. The van der Waals surface area contributed by atoms with Crippen molar-refractivity contribution in [2.45, 2.75) is 13.8 Å². The first kappa shape index (κ1) is 13.3. The third kappa shape index (κ3) is 3.12. The molecule has 0 radical (unpaired) electrons. The number of anilines is 1. The van der Waals surface area contributed by atoms with Gasteiger partial charge in [-0.15, -0.1) is 0 Å². The van der Waals surface area contributed by atoms with Gasteiger partial charge in [0.25, 0.3) is 0 Å². The van der Waals surface area contributed by atoms with Crippen LogP contribution in [0.25, 0.3) is 0 Å². The molecule has 0 heterocycles. The summed E-state index contributed by atoms with van der Waals surface area (Å²) in [6.07, 6.45) is 0. The lowest BCUT2D eigenvalue weighted by Crippen LogP contribution is -2.34. The maximum absolute atomic E-state index is 11.8. The minimum absolute atomic E-state index is 0.118. The van der Waals surface area contributed by atoms with Crippen LogP contribution in [0.5, 0.6) is 0 Å². The van der Waals surface area contributed by atoms with Gasteiger partial charge in [0.1, 0.15) is 0 Å². The summed E-state index contributed by atoms with van der Waals surface area (Å²) in [4.78, 5) is 13.5. The van der Waals surface area contributed by atoms with Crippen molar-refractivity contribution in [3.63, 3.8) is 0 Å². The predicted molar refractivity (Wildman–Crippen MR) is 71.1 cm³/mol. The normalized spacial score (nSPS) is 10.0. The predicted octanol–water partition coefficient (Wildman–Crippen LogP) is 3.98. The number of hydrogen-bond acceptors (Lipinski definition) is 1. The molecule has 0 saturated carbocycles. The largest absolute Gasteiger partial charge is 0.325 e. The van der Waals surface area contributed by atoms with E-state index < -0.39 is 0 Å². The van der Waals surface area contributed by atoms with Gasteiger partial charge in [-0.2, -0.15) is 0 Å². The summed E-state index contributed by atoms with van der Waals surface area (Å²) < 4.78 is 0.706. The molecule has 3 nitrogen and oxygen atoms in total. The molecule has 0 aliphatic heterocycles. The minimum Gasteiger partial charge on any atom is -0.325 e. The molecule has 16 heavy (non-hydrogen) atoms. The Bertz CT molecular complexity index is 380. The van der Waals surface area contributed by atoms with Crippen LogP contribution in [0, 0.1) is 0 Å². The summed E-state index contributed by atoms with van der Waals surface area (Å²) in [5, 5.41) is 3.39. The van der Waals surface area contributed by atoms with Crippen molar-refractivity contribution in [1.82, 2.24) is 4.90 Å². The van der Waals surface area contributed by atoms with Crippen LogP contribution in [0.1, 0.15) is 13.8 Å². The van der Waals surface area contributed by atoms with E-state index in [-0.39, 0.29) is 6.03 Å². The van der Waals surface area contributed by atoms with Gasteiger partial charge < -0.3 is 10.2 Å². The van der Waals surface area contributed by atoms with Gasteiger partial charge >= 0.3 is 6.03 Å². The van der Waals surface area contributed by atoms with Crippen LogP contribution in [0.2, 0.25) is 5.02 Å². The number of halogens is 2. The average molecular weight is 306 g/mol. The van der Waals surface area contributed by atoms with E-state index in [2.05, 4.69) is 21.2 Å². The number of rotatable bonds is 3. The first-order valence-corrected chi connectivity index (χ1v) is 6.27. The van der Waals surface area contributed by atoms with E-state index in [0.717, 1.165) is 0 Å². The van der Waals surface area contributed by atoms with Crippen LogP contribution in [-0.4, -0.2) is 24.0 Å². The number of carbonyl (C=O) groups is 1. The highest BCUT2D eigenvalue weighted by molar-refractivity contribution is 9.10. The molecular formula is C11H14BrClN2O. The van der Waals surface area contributed by atoms with E-state index in [4.69, 9.17) is 11.6 Å². The molecule has 0 fully saturated rings. The second-order valence-electron chi connectivity index (χ2n) is 3.20. The molecule has 1 rings (SSSR count). The Hall–Kier alpha value is -0.740. The zero-order valence-corrected chi connectivity index (χ0v) is 11.6. The highest BCUT2D eigenvalue weighted by Gasteiger charge is 2.11. The first-order valence-electron chi connectivity index (χ1n) is 5.10. The van der Waals surface area contributed by atoms with Gasteiger partial charge in [-0.25, -0.2) is 4.79 Å². The van der Waals surface area contributed by atoms with Crippen molar-refractivity contribution in [2.75, 3.05) is 18.4 Å². The summed E-state index contributed by atoms with van der Waals surface area (Å²) in [5.41, 5.74) is 0.685. The molecule has 88 valence electrons. The van der Waals surface area contributed by atoms with Crippen molar-refractivity contribution < 1.29 is 4.79 Å². The SMILES string of the molecule is CCN(CC)C(=O)Nc1cccc(Cl)c1Br. The zero-order valence-electron chi connectivity index (χ0n) is 9.26. The molecule has 0 aliphatic carbocycles. The molecule has 1 aromatic rings. The number of amides is 2. The number of nitrogens with zero attached hydrogens (tertiary/aromatic N) is 1. The van der Waals surface area contributed by atoms with E-state index in [0.29, 0.717) is 28.3 Å². The average Bonchev–Trinajstić information content (AvgIpc) is 2.26. The molecule has 0 aliphatic rings. The Morgan fingerprint density at radius 1 is 1.44 bits per heavy atom. The summed E-state index contributed by atoms with van der Waals surface area (Å²) >= 11 is 9.27. The fourth-order valence-electron chi connectivity index (χ4n) is 1.31. The molecule has 1 N–H and O–H groups in total. The van der Waals surface area contributed by atoms with E-state index >= 15 is 0 Å². The molecule has 0 bridgehead atoms. The van der Waals surface area contributed by atoms with Crippen molar-refractivity contribution in [3.05, 3.63) is 27.7 Å². The van der Waals surface area contributed by atoms with Crippen molar-refractivity contribution in [2.24, 2.45) is 0 Å². The van der Waals surface area contributed by atoms with Gasteiger partial charge in [-0.05, 0) is 41.9 Å². The lowest BCUT2D eigenvalue weighted by atomic mass is 10.3. The van der Waals surface area contributed by atoms with E-state index in [1.54, 1.807) is 23.1 Å². The molecule has 0 saturated heterocycles. The highest BCUT2D eigenvalue weighted by atomic mass is 79.9. The van der Waals surface area contributed by atoms with Gasteiger partial charge in [-0.3, -0.25) is 0 Å². The van der Waals surface area contributed by atoms with E-state index in [1.165, 1.54) is 0 Å². The molecule has 1 aromatic carbocycles. The van der Waals surface area contributed by atoms with Crippen LogP contribution in [0.4, 0.5) is 10.5 Å². The smallest absolute Gasteiger partial charge is 0.321 e. The van der Waals surface area contributed by atoms with Crippen LogP contribution >= 0.6 is 27.5 Å². The number of carbonyl (C=O) groups excluding carboxylic acids is 1. The summed E-state index contributed by atoms with van der Waals surface area (Å²) in [6, 6.07) is 5.24. The molecular weight excluding hydrogens is 291 g/mol. The van der Waals surface area contributed by atoms with Gasteiger partial charge in [0.05, 0.1) is 15.2 Å². The fraction of sp³-hybridized carbons (Fsp3) is 0.364. The molecule has 5 heteroatoms. The van der Waals surface area contributed by atoms with Crippen molar-refractivity contribution in [3.8, 4) is 0 Å². The molecule has 0 aromatic heterocycles. The number of urea groups is 1. The van der Waals surface area contributed by atoms with Crippen molar-refractivity contribution >= 4 is 39.2 Å². The number of hydrogen-bond donors (Lipinski definition) is 1. The van der Waals surface area contributed by atoms with Crippen LogP contribution in [0.3, 0.4) is 0 Å². The quantitative estimate of drug-likeness (QED) is 0.900. The van der Waals surface area contributed by atoms with Crippen LogP contribution in [-0.2, 0) is 0 Å². The second-order valence-corrected chi connectivity index (χ2v) is 4.40. The van der Waals surface area contributed by atoms with Crippen LogP contribution < -0.4 is 5.32 Å². The van der Waals surface area contributed by atoms with Gasteiger partial charge in [0, 0.05) is 13.1 Å². The number of benzene rings is 1. The van der Waals surface area contributed by atoms with Crippen molar-refractivity contribution in [1.29, 1.82) is 0 Å². The summed E-state index contributed by atoms with van der Waals surface area (Å²) in [7, 11) is 0. The van der Waals surface area contributed by atoms with Gasteiger partial charge in [0.2, 0.25) is 0 Å². The standard InChI is InChI=1S/C11H14BrClN2O/c1-3-15(4-2)11(16)14-9-7-5-6-8(13)10(9)12/h5-7H,3-4H2,1-2H3,(H,14,16). The maximum Gasteiger partial charge on any atom is 0.321 e. The van der Waals surface area contributed by atoms with Crippen LogP contribution in [0.15, 0.2) is 22.7 Å². The molecule has 2 amide bonds. The Kier molecular flexibility index (Phi) is 5.09. The Labute approximate surface area is 109 Å². The molecule has 0 unspecified atom stereocenters. The third-order valence-corrected chi connectivity index (χ3v) is 3.64. The lowest BCUT2D eigenvalue weighted by Gasteiger charge is -2.19. The first-order chi connectivity index (χ1) is 7.60. The molecule has 0 spiro atoms. The Morgan fingerprint density at radius 3 is 2.62 bits per heavy atom. The zero-order chi connectivity index (χ0) is 12.1. The topological polar surface area (TPSA) is 32.3 Å². The lowest BCUT2D eigenvalue weighted by molar-refractivity contribution is 0.217. The highest BCUT2D eigenvalue weighted by Crippen LogP contribution is 2.30.